The van der Waals surface area contributed by atoms with Crippen molar-refractivity contribution in [2.24, 2.45) is 11.1 Å². The molecule has 28 heavy (non-hydrogen) atoms. The molecule has 7 heteroatoms. The van der Waals surface area contributed by atoms with Crippen LogP contribution in [0.2, 0.25) is 0 Å². The molecule has 0 radical (unpaired) electrons. The first-order valence-electron chi connectivity index (χ1n) is 9.29. The van der Waals surface area contributed by atoms with E-state index in [1.165, 1.54) is 0 Å². The number of primary amides is 1. The zero-order valence-corrected chi connectivity index (χ0v) is 16.8. The average Bonchev–Trinajstić information content (AvgIpc) is 3.15. The molecule has 0 aliphatic carbocycles. The van der Waals surface area contributed by atoms with E-state index >= 15 is 0 Å². The van der Waals surface area contributed by atoms with Crippen molar-refractivity contribution >= 4 is 33.4 Å². The van der Waals surface area contributed by atoms with E-state index in [4.69, 9.17) is 5.73 Å². The van der Waals surface area contributed by atoms with Gasteiger partial charge in [-0.2, -0.15) is 0 Å². The van der Waals surface area contributed by atoms with Gasteiger partial charge in [-0.3, -0.25) is 9.59 Å². The van der Waals surface area contributed by atoms with Crippen LogP contribution in [0.25, 0.3) is 21.5 Å². The Morgan fingerprint density at radius 3 is 2.64 bits per heavy atom. The van der Waals surface area contributed by atoms with E-state index in [0.717, 1.165) is 40.1 Å². The fraction of sp³-hybridized carbons (Fsp3) is 0.333. The summed E-state index contributed by atoms with van der Waals surface area (Å²) in [5.41, 5.74) is 8.27. The quantitative estimate of drug-likeness (QED) is 0.737. The highest BCUT2D eigenvalue weighted by Crippen LogP contribution is 2.32. The molecule has 144 valence electrons. The van der Waals surface area contributed by atoms with Crippen molar-refractivity contribution in [1.29, 1.82) is 0 Å². The van der Waals surface area contributed by atoms with Crippen LogP contribution in [0.15, 0.2) is 35.7 Å². The fourth-order valence-electron chi connectivity index (χ4n) is 3.74. The van der Waals surface area contributed by atoms with Gasteiger partial charge in [0.25, 0.3) is 5.91 Å². The molecular formula is C21H22N4O2S. The minimum atomic E-state index is -0.656. The van der Waals surface area contributed by atoms with Crippen molar-refractivity contribution in [1.82, 2.24) is 14.9 Å². The Kier molecular flexibility index (Phi) is 4.63. The lowest BCUT2D eigenvalue weighted by atomic mass is 9.81. The topological polar surface area (TPSA) is 89.2 Å². The van der Waals surface area contributed by atoms with Gasteiger partial charge in [-0.05, 0) is 50.3 Å². The number of amides is 2. The standard InChI is InChI=1S/C21H22N4O2S/c1-13-23-16-8-11-28-18(16)17(24-13)14-4-6-15(7-5-14)19(26)25-10-3-9-21(2,12-25)20(22)27/h4-8,11H,3,9-10,12H2,1-2H3,(H2,22,27). The first-order chi connectivity index (χ1) is 13.4. The first-order valence-corrected chi connectivity index (χ1v) is 10.2. The van der Waals surface area contributed by atoms with Crippen LogP contribution in [0, 0.1) is 12.3 Å². The molecule has 0 spiro atoms. The SMILES string of the molecule is Cc1nc(-c2ccc(C(=O)N3CCCC(C)(C(N)=O)C3)cc2)c2sccc2n1. The number of fused-ring (bicyclic) bond motifs is 1. The van der Waals surface area contributed by atoms with Gasteiger partial charge in [0.2, 0.25) is 5.91 Å². The van der Waals surface area contributed by atoms with Crippen molar-refractivity contribution in [2.45, 2.75) is 26.7 Å². The third kappa shape index (κ3) is 3.26. The molecule has 1 saturated heterocycles. The molecule has 2 aromatic heterocycles. The Hall–Kier alpha value is -2.80. The largest absolute Gasteiger partial charge is 0.369 e. The maximum Gasteiger partial charge on any atom is 0.253 e. The molecule has 0 bridgehead atoms. The number of aromatic nitrogens is 2. The summed E-state index contributed by atoms with van der Waals surface area (Å²) in [6.07, 6.45) is 1.49. The predicted octanol–water partition coefficient (Wildman–Crippen LogP) is 3.39. The van der Waals surface area contributed by atoms with E-state index < -0.39 is 5.41 Å². The molecule has 6 nitrogen and oxygen atoms in total. The minimum Gasteiger partial charge on any atom is -0.369 e. The van der Waals surface area contributed by atoms with Gasteiger partial charge < -0.3 is 10.6 Å². The van der Waals surface area contributed by atoms with Crippen LogP contribution in [0.1, 0.15) is 35.9 Å². The monoisotopic (exact) mass is 394 g/mol. The lowest BCUT2D eigenvalue weighted by Crippen LogP contribution is -2.50. The maximum absolute atomic E-state index is 12.9. The Morgan fingerprint density at radius 1 is 1.18 bits per heavy atom. The second kappa shape index (κ2) is 6.98. The number of carbonyl (C=O) groups excluding carboxylic acids is 2. The van der Waals surface area contributed by atoms with Crippen LogP contribution in [0.5, 0.6) is 0 Å². The van der Waals surface area contributed by atoms with Crippen LogP contribution in [0.3, 0.4) is 0 Å². The summed E-state index contributed by atoms with van der Waals surface area (Å²) in [7, 11) is 0. The van der Waals surface area contributed by atoms with Crippen LogP contribution in [0.4, 0.5) is 0 Å². The molecule has 4 rings (SSSR count). The molecule has 1 aliphatic heterocycles. The van der Waals surface area contributed by atoms with Gasteiger partial charge >= 0.3 is 0 Å². The number of piperidine rings is 1. The van der Waals surface area contributed by atoms with E-state index in [0.29, 0.717) is 18.7 Å². The summed E-state index contributed by atoms with van der Waals surface area (Å²) in [5.74, 6) is 0.304. The zero-order chi connectivity index (χ0) is 19.9. The second-order valence-corrected chi connectivity index (χ2v) is 8.50. The Labute approximate surface area is 167 Å². The number of likely N-dealkylation sites (tertiary alicyclic amines) is 1. The molecule has 1 aliphatic rings. The summed E-state index contributed by atoms with van der Waals surface area (Å²) in [4.78, 5) is 35.5. The lowest BCUT2D eigenvalue weighted by molar-refractivity contribution is -0.129. The number of benzene rings is 1. The van der Waals surface area contributed by atoms with Gasteiger partial charge in [-0.1, -0.05) is 12.1 Å². The third-order valence-electron chi connectivity index (χ3n) is 5.40. The minimum absolute atomic E-state index is 0.0705. The predicted molar refractivity (Wildman–Crippen MR) is 110 cm³/mol. The molecule has 1 atom stereocenters. The van der Waals surface area contributed by atoms with Crippen LogP contribution in [-0.2, 0) is 4.79 Å². The van der Waals surface area contributed by atoms with Crippen molar-refractivity contribution in [3.05, 3.63) is 47.1 Å². The number of carbonyl (C=O) groups is 2. The third-order valence-corrected chi connectivity index (χ3v) is 6.31. The van der Waals surface area contributed by atoms with Crippen LogP contribution >= 0.6 is 11.3 Å². The van der Waals surface area contributed by atoms with Crippen molar-refractivity contribution < 1.29 is 9.59 Å². The van der Waals surface area contributed by atoms with Crippen LogP contribution in [-0.4, -0.2) is 39.8 Å². The Balaban J connectivity index is 1.60. The molecule has 2 N–H and O–H groups in total. The van der Waals surface area contributed by atoms with Gasteiger partial charge in [0, 0.05) is 24.2 Å². The molecule has 3 heterocycles. The molecule has 1 aromatic carbocycles. The summed E-state index contributed by atoms with van der Waals surface area (Å²) in [6.45, 7) is 4.72. The van der Waals surface area contributed by atoms with Crippen LogP contribution < -0.4 is 5.73 Å². The fourth-order valence-corrected chi connectivity index (χ4v) is 4.59. The highest BCUT2D eigenvalue weighted by Gasteiger charge is 2.38. The number of hydrogen-bond donors (Lipinski definition) is 1. The zero-order valence-electron chi connectivity index (χ0n) is 15.9. The van der Waals surface area contributed by atoms with Crippen molar-refractivity contribution in [3.63, 3.8) is 0 Å². The molecule has 0 saturated carbocycles. The highest BCUT2D eigenvalue weighted by molar-refractivity contribution is 7.17. The van der Waals surface area contributed by atoms with E-state index in [1.807, 2.05) is 49.6 Å². The number of nitrogens with two attached hydrogens (primary N) is 1. The van der Waals surface area contributed by atoms with Gasteiger partial charge in [-0.25, -0.2) is 9.97 Å². The van der Waals surface area contributed by atoms with E-state index in [-0.39, 0.29) is 11.8 Å². The summed E-state index contributed by atoms with van der Waals surface area (Å²) >= 11 is 1.61. The number of rotatable bonds is 3. The molecule has 3 aromatic rings. The van der Waals surface area contributed by atoms with Crippen molar-refractivity contribution in [2.75, 3.05) is 13.1 Å². The molecule has 1 unspecified atom stereocenters. The molecule has 2 amide bonds. The van der Waals surface area contributed by atoms with Gasteiger partial charge in [0.15, 0.2) is 0 Å². The van der Waals surface area contributed by atoms with Gasteiger partial charge in [0.05, 0.1) is 21.3 Å². The number of aryl methyl sites for hydroxylation is 1. The average molecular weight is 395 g/mol. The van der Waals surface area contributed by atoms with E-state index in [9.17, 15) is 9.59 Å². The smallest absolute Gasteiger partial charge is 0.253 e. The number of nitrogens with zero attached hydrogens (tertiary/aromatic N) is 3. The molecular weight excluding hydrogens is 372 g/mol. The number of hydrogen-bond acceptors (Lipinski definition) is 5. The Morgan fingerprint density at radius 2 is 1.93 bits per heavy atom. The van der Waals surface area contributed by atoms with Gasteiger partial charge in [0.1, 0.15) is 5.82 Å². The normalized spacial score (nSPS) is 19.7. The maximum atomic E-state index is 12.9. The van der Waals surface area contributed by atoms with Gasteiger partial charge in [-0.15, -0.1) is 11.3 Å². The van der Waals surface area contributed by atoms with Crippen molar-refractivity contribution in [3.8, 4) is 11.3 Å². The second-order valence-electron chi connectivity index (χ2n) is 7.59. The van der Waals surface area contributed by atoms with E-state index in [2.05, 4.69) is 9.97 Å². The lowest BCUT2D eigenvalue weighted by Gasteiger charge is -2.38. The highest BCUT2D eigenvalue weighted by atomic mass is 32.1. The summed E-state index contributed by atoms with van der Waals surface area (Å²) < 4.78 is 1.04. The first kappa shape index (κ1) is 18.6. The van der Waals surface area contributed by atoms with E-state index in [1.54, 1.807) is 16.2 Å². The molecule has 1 fully saturated rings. The summed E-state index contributed by atoms with van der Waals surface area (Å²) in [5, 5.41) is 2.01. The Bertz CT molecular complexity index is 1060. The summed E-state index contributed by atoms with van der Waals surface area (Å²) in [6, 6.07) is 9.48. The number of thiophene rings is 1.